The van der Waals surface area contributed by atoms with Crippen LogP contribution in [0.15, 0.2) is 24.3 Å². The largest absolute Gasteiger partial charge is 0.347 e. The van der Waals surface area contributed by atoms with Crippen molar-refractivity contribution in [2.24, 2.45) is 17.8 Å². The van der Waals surface area contributed by atoms with Gasteiger partial charge in [0.05, 0.1) is 5.75 Å². The van der Waals surface area contributed by atoms with Crippen LogP contribution in [0.2, 0.25) is 0 Å². The van der Waals surface area contributed by atoms with Gasteiger partial charge in [-0.05, 0) is 86.8 Å². The van der Waals surface area contributed by atoms with E-state index in [1.807, 2.05) is 0 Å². The van der Waals surface area contributed by atoms with E-state index in [9.17, 15) is 13.2 Å². The van der Waals surface area contributed by atoms with Gasteiger partial charge in [-0.1, -0.05) is 12.1 Å². The van der Waals surface area contributed by atoms with Gasteiger partial charge in [-0.25, -0.2) is 12.7 Å². The van der Waals surface area contributed by atoms with E-state index in [0.717, 1.165) is 55.4 Å². The van der Waals surface area contributed by atoms with Gasteiger partial charge in [-0.15, -0.1) is 0 Å². The van der Waals surface area contributed by atoms with Crippen molar-refractivity contribution >= 4 is 15.9 Å². The average molecular weight is 403 g/mol. The Bertz CT molecular complexity index is 821. The van der Waals surface area contributed by atoms with Crippen LogP contribution in [0.25, 0.3) is 0 Å². The van der Waals surface area contributed by atoms with Crippen molar-refractivity contribution in [1.82, 2.24) is 9.62 Å². The van der Waals surface area contributed by atoms with Crippen molar-refractivity contribution in [3.05, 3.63) is 35.4 Å². The van der Waals surface area contributed by atoms with Gasteiger partial charge in [0.2, 0.25) is 10.0 Å². The third-order valence-corrected chi connectivity index (χ3v) is 9.29. The molecule has 0 aromatic heterocycles. The molecular formula is C22H30N2O3S. The highest BCUT2D eigenvalue weighted by atomic mass is 32.2. The molecule has 5 nitrogen and oxygen atoms in total. The molecule has 1 amide bonds. The predicted molar refractivity (Wildman–Crippen MR) is 108 cm³/mol. The molecule has 0 atom stereocenters. The normalized spacial score (nSPS) is 34.6. The quantitative estimate of drug-likeness (QED) is 0.822. The Hall–Kier alpha value is -1.40. The molecular weight excluding hydrogens is 372 g/mol. The first-order chi connectivity index (χ1) is 13.4. The Morgan fingerprint density at radius 1 is 0.964 bits per heavy atom. The molecule has 28 heavy (non-hydrogen) atoms. The summed E-state index contributed by atoms with van der Waals surface area (Å²) in [5.41, 5.74) is 1.39. The van der Waals surface area contributed by atoms with E-state index in [-0.39, 0.29) is 17.2 Å². The minimum Gasteiger partial charge on any atom is -0.347 e. The highest BCUT2D eigenvalue weighted by Gasteiger charge is 2.51. The van der Waals surface area contributed by atoms with Gasteiger partial charge < -0.3 is 5.32 Å². The maximum atomic E-state index is 12.9. The fourth-order valence-electron chi connectivity index (χ4n) is 6.60. The standard InChI is InChI=1S/C22H30N2O3S/c25-21(23-22-12-17-9-18(13-22)11-19(10-17)14-22)20-5-3-16(4-6-20)15-28(26,27)24-7-1-2-8-24/h3-6,17-19H,1-2,7-15H2,(H,23,25). The van der Waals surface area contributed by atoms with Crippen molar-refractivity contribution < 1.29 is 13.2 Å². The summed E-state index contributed by atoms with van der Waals surface area (Å²) >= 11 is 0. The highest BCUT2D eigenvalue weighted by molar-refractivity contribution is 7.88. The van der Waals surface area contributed by atoms with Gasteiger partial charge >= 0.3 is 0 Å². The molecule has 4 bridgehead atoms. The van der Waals surface area contributed by atoms with Crippen molar-refractivity contribution in [1.29, 1.82) is 0 Å². The second-order valence-electron chi connectivity index (χ2n) is 9.71. The average Bonchev–Trinajstić information content (AvgIpc) is 3.16. The van der Waals surface area contributed by atoms with E-state index in [4.69, 9.17) is 0 Å². The summed E-state index contributed by atoms with van der Waals surface area (Å²) in [6, 6.07) is 7.15. The van der Waals surface area contributed by atoms with Crippen LogP contribution >= 0.6 is 0 Å². The Morgan fingerprint density at radius 2 is 1.50 bits per heavy atom. The number of amides is 1. The first-order valence-electron chi connectivity index (χ1n) is 10.8. The third kappa shape index (κ3) is 3.50. The summed E-state index contributed by atoms with van der Waals surface area (Å²) in [6.45, 7) is 1.27. The molecule has 1 aliphatic heterocycles. The van der Waals surface area contributed by atoms with Crippen LogP contribution in [-0.2, 0) is 15.8 Å². The first kappa shape index (κ1) is 18.6. The van der Waals surface area contributed by atoms with E-state index >= 15 is 0 Å². The smallest absolute Gasteiger partial charge is 0.251 e. The molecule has 1 saturated heterocycles. The fourth-order valence-corrected chi connectivity index (χ4v) is 8.21. The van der Waals surface area contributed by atoms with Gasteiger partial charge in [-0.2, -0.15) is 0 Å². The molecule has 5 aliphatic rings. The maximum absolute atomic E-state index is 12.9. The number of rotatable bonds is 5. The zero-order valence-electron chi connectivity index (χ0n) is 16.4. The SMILES string of the molecule is O=C(NC12CC3CC(CC(C3)C1)C2)c1ccc(CS(=O)(=O)N2CCCC2)cc1. The molecule has 0 spiro atoms. The lowest BCUT2D eigenvalue weighted by atomic mass is 9.53. The van der Waals surface area contributed by atoms with Crippen molar-refractivity contribution in [2.45, 2.75) is 62.7 Å². The van der Waals surface area contributed by atoms with E-state index < -0.39 is 10.0 Å². The van der Waals surface area contributed by atoms with Crippen molar-refractivity contribution in [3.8, 4) is 0 Å². The fraction of sp³-hybridized carbons (Fsp3) is 0.682. The van der Waals surface area contributed by atoms with Gasteiger partial charge in [0, 0.05) is 24.2 Å². The monoisotopic (exact) mass is 402 g/mol. The van der Waals surface area contributed by atoms with E-state index in [1.165, 1.54) is 19.3 Å². The summed E-state index contributed by atoms with van der Waals surface area (Å²) in [6.07, 6.45) is 9.37. The number of carbonyl (C=O) groups excluding carboxylic acids is 1. The van der Waals surface area contributed by atoms with Crippen LogP contribution in [0.4, 0.5) is 0 Å². The number of hydrogen-bond acceptors (Lipinski definition) is 3. The topological polar surface area (TPSA) is 66.5 Å². The number of nitrogens with one attached hydrogen (secondary N) is 1. The van der Waals surface area contributed by atoms with Crippen LogP contribution < -0.4 is 5.32 Å². The van der Waals surface area contributed by atoms with Crippen molar-refractivity contribution in [3.63, 3.8) is 0 Å². The number of carbonyl (C=O) groups is 1. The number of hydrogen-bond donors (Lipinski definition) is 1. The van der Waals surface area contributed by atoms with Gasteiger partial charge in [-0.3, -0.25) is 4.79 Å². The second kappa shape index (κ2) is 6.84. The Labute approximate surface area is 167 Å². The summed E-state index contributed by atoms with van der Waals surface area (Å²) < 4.78 is 26.6. The Kier molecular flexibility index (Phi) is 4.55. The molecule has 6 rings (SSSR count). The van der Waals surface area contributed by atoms with Gasteiger partial charge in [0.25, 0.3) is 5.91 Å². The lowest BCUT2D eigenvalue weighted by Gasteiger charge is -2.56. The van der Waals surface area contributed by atoms with Crippen LogP contribution in [0.5, 0.6) is 0 Å². The third-order valence-electron chi connectivity index (χ3n) is 7.44. The molecule has 4 saturated carbocycles. The lowest BCUT2D eigenvalue weighted by Crippen LogP contribution is -2.59. The Morgan fingerprint density at radius 3 is 2.04 bits per heavy atom. The van der Waals surface area contributed by atoms with Crippen LogP contribution in [0.3, 0.4) is 0 Å². The zero-order valence-corrected chi connectivity index (χ0v) is 17.2. The van der Waals surface area contributed by atoms with Gasteiger partial charge in [0.1, 0.15) is 0 Å². The Balaban J connectivity index is 1.25. The van der Waals surface area contributed by atoms with Crippen LogP contribution in [0.1, 0.15) is 67.3 Å². The number of sulfonamides is 1. The van der Waals surface area contributed by atoms with E-state index in [0.29, 0.717) is 18.7 Å². The molecule has 1 N–H and O–H groups in total. The molecule has 1 heterocycles. The summed E-state index contributed by atoms with van der Waals surface area (Å²) in [5.74, 6) is 2.40. The molecule has 152 valence electrons. The van der Waals surface area contributed by atoms with E-state index in [1.54, 1.807) is 28.6 Å². The van der Waals surface area contributed by atoms with Crippen molar-refractivity contribution in [2.75, 3.05) is 13.1 Å². The second-order valence-corrected chi connectivity index (χ2v) is 11.7. The van der Waals surface area contributed by atoms with E-state index in [2.05, 4.69) is 5.32 Å². The molecule has 5 fully saturated rings. The van der Waals surface area contributed by atoms with Gasteiger partial charge in [0.15, 0.2) is 0 Å². The summed E-state index contributed by atoms with van der Waals surface area (Å²) in [4.78, 5) is 12.9. The number of benzene rings is 1. The summed E-state index contributed by atoms with van der Waals surface area (Å²) in [5, 5.41) is 3.39. The molecule has 4 aliphatic carbocycles. The molecule has 1 aromatic rings. The maximum Gasteiger partial charge on any atom is 0.251 e. The lowest BCUT2D eigenvalue weighted by molar-refractivity contribution is -0.0167. The molecule has 0 unspecified atom stereocenters. The summed E-state index contributed by atoms with van der Waals surface area (Å²) in [7, 11) is -3.25. The van der Waals surface area contributed by atoms with Crippen LogP contribution in [-0.4, -0.2) is 37.3 Å². The first-order valence-corrected chi connectivity index (χ1v) is 12.4. The molecule has 6 heteroatoms. The zero-order chi connectivity index (χ0) is 19.4. The minimum absolute atomic E-state index is 0.00357. The van der Waals surface area contributed by atoms with Crippen LogP contribution in [0, 0.1) is 17.8 Å². The molecule has 0 radical (unpaired) electrons. The minimum atomic E-state index is -3.25. The highest BCUT2D eigenvalue weighted by Crippen LogP contribution is 2.55. The number of nitrogens with zero attached hydrogens (tertiary/aromatic N) is 1. The molecule has 1 aromatic carbocycles. The predicted octanol–water partition coefficient (Wildman–Crippen LogP) is 3.31.